The molecule has 0 heterocycles. The predicted octanol–water partition coefficient (Wildman–Crippen LogP) is 3.37. The van der Waals surface area contributed by atoms with Crippen LogP contribution >= 0.6 is 35.4 Å². The van der Waals surface area contributed by atoms with Crippen molar-refractivity contribution in [3.8, 4) is 0 Å². The molecule has 5 heteroatoms. The fraction of sp³-hybridized carbons (Fsp3) is 0. The summed E-state index contributed by atoms with van der Waals surface area (Å²) in [6, 6.07) is 6.34. The van der Waals surface area contributed by atoms with Crippen LogP contribution in [0.1, 0.15) is 10.4 Å². The normalized spacial score (nSPS) is 11.0. The van der Waals surface area contributed by atoms with Crippen molar-refractivity contribution in [2.45, 2.75) is 0 Å². The van der Waals surface area contributed by atoms with E-state index in [1.165, 1.54) is 12.1 Å². The predicted molar refractivity (Wildman–Crippen MR) is 57.8 cm³/mol. The van der Waals surface area contributed by atoms with E-state index in [0.717, 1.165) is 3.57 Å². The number of carboxylic acid groups (broad SMARTS) is 1. The number of carboxylic acids is 1. The van der Waals surface area contributed by atoms with Crippen LogP contribution in [0.5, 0.6) is 0 Å². The molecule has 0 aliphatic heterocycles. The number of hydrogen-bond acceptors (Lipinski definition) is 1. The van der Waals surface area contributed by atoms with Crippen LogP contribution < -0.4 is 0 Å². The molecule has 0 spiro atoms. The van der Waals surface area contributed by atoms with Crippen LogP contribution in [0.25, 0.3) is 0 Å². The van der Waals surface area contributed by atoms with Crippen molar-refractivity contribution >= 4 is 41.3 Å². The van der Waals surface area contributed by atoms with Gasteiger partial charge in [0.2, 0.25) is 0 Å². The molecule has 0 saturated heterocycles. The molecule has 1 aromatic rings. The molecule has 0 fully saturated rings. The van der Waals surface area contributed by atoms with Crippen molar-refractivity contribution in [1.82, 2.24) is 0 Å². The number of aromatic carboxylic acids is 1. The molecule has 0 radical (unpaired) electrons. The Bertz CT molecular complexity index is 284. The van der Waals surface area contributed by atoms with Crippen LogP contribution in [-0.2, 0) is 0 Å². The van der Waals surface area contributed by atoms with Crippen LogP contribution in [0.15, 0.2) is 24.3 Å². The van der Waals surface area contributed by atoms with Crippen molar-refractivity contribution < 1.29 is 9.90 Å². The van der Waals surface area contributed by atoms with E-state index in [4.69, 9.17) is 22.9 Å². The molecule has 0 amide bonds. The molecule has 0 aliphatic carbocycles. The Balaban J connectivity index is 2.93. The molecule has 2 nitrogen and oxygen atoms in total. The maximum absolute atomic E-state index is 10.4. The maximum atomic E-state index is 10.4. The van der Waals surface area contributed by atoms with E-state index in [9.17, 15) is 4.79 Å². The van der Waals surface area contributed by atoms with Gasteiger partial charge in [-0.15, -0.1) is 0 Å². The second kappa shape index (κ2) is 4.30. The Hall–Kier alpha value is -0.000000000000000111. The van der Waals surface area contributed by atoms with Gasteiger partial charge in [0.1, 0.15) is 0 Å². The minimum absolute atomic E-state index is 0.254. The Morgan fingerprint density at radius 1 is 1.25 bits per heavy atom. The van der Waals surface area contributed by atoms with Crippen LogP contribution in [-0.4, -0.2) is 11.1 Å². The van der Waals surface area contributed by atoms with E-state index in [1.54, 1.807) is 12.1 Å². The number of halogens is 3. The number of carbonyl (C=O) groups is 1. The monoisotopic (exact) mass is 318 g/mol. The van der Waals surface area contributed by atoms with Gasteiger partial charge in [0, 0.05) is 0 Å². The summed E-state index contributed by atoms with van der Waals surface area (Å²) >= 11 is -1.99. The summed E-state index contributed by atoms with van der Waals surface area (Å²) in [4.78, 5) is 10.4. The molecule has 1 N–H and O–H groups in total. The first-order valence-electron chi connectivity index (χ1n) is 2.97. The number of rotatable bonds is 2. The van der Waals surface area contributed by atoms with Crippen LogP contribution in [0, 0.1) is 3.57 Å². The molecule has 0 atom stereocenters. The summed E-state index contributed by atoms with van der Waals surface area (Å²) < 4.78 is 0.854. The summed E-state index contributed by atoms with van der Waals surface area (Å²) in [5.41, 5.74) is 0.254. The zero-order chi connectivity index (χ0) is 9.14. The van der Waals surface area contributed by atoms with Crippen molar-refractivity contribution in [2.75, 3.05) is 0 Å². The van der Waals surface area contributed by atoms with Gasteiger partial charge in [0.25, 0.3) is 0 Å². The van der Waals surface area contributed by atoms with E-state index in [0.29, 0.717) is 0 Å². The van der Waals surface area contributed by atoms with Gasteiger partial charge in [0.05, 0.1) is 0 Å². The Kier molecular flexibility index (Phi) is 3.61. The van der Waals surface area contributed by atoms with E-state index < -0.39 is 23.5 Å². The topological polar surface area (TPSA) is 37.3 Å². The zero-order valence-corrected chi connectivity index (χ0v) is 9.47. The Labute approximate surface area is 84.3 Å². The van der Waals surface area contributed by atoms with Gasteiger partial charge in [0.15, 0.2) is 0 Å². The first-order chi connectivity index (χ1) is 5.61. The molecule has 1 aromatic carbocycles. The second-order valence-corrected chi connectivity index (χ2v) is 9.19. The van der Waals surface area contributed by atoms with Gasteiger partial charge in [-0.05, 0) is 0 Å². The van der Waals surface area contributed by atoms with E-state index >= 15 is 0 Å². The fourth-order valence-electron chi connectivity index (χ4n) is 0.688. The molecule has 0 bridgehead atoms. The van der Waals surface area contributed by atoms with Gasteiger partial charge in [-0.3, -0.25) is 0 Å². The van der Waals surface area contributed by atoms with E-state index in [2.05, 4.69) is 0 Å². The van der Waals surface area contributed by atoms with Gasteiger partial charge >= 0.3 is 84.6 Å². The van der Waals surface area contributed by atoms with Crippen molar-refractivity contribution in [3.05, 3.63) is 33.4 Å². The van der Waals surface area contributed by atoms with Gasteiger partial charge < -0.3 is 0 Å². The zero-order valence-electron chi connectivity index (χ0n) is 5.80. The third-order valence-corrected chi connectivity index (χ3v) is 5.13. The molecule has 0 aliphatic rings. The van der Waals surface area contributed by atoms with Gasteiger partial charge in [-0.1, -0.05) is 0 Å². The van der Waals surface area contributed by atoms with Gasteiger partial charge in [-0.2, -0.15) is 0 Å². The summed E-state index contributed by atoms with van der Waals surface area (Å²) in [6.45, 7) is 0. The standard InChI is InChI=1S/C7H5Cl2IO2/c8-10(9)6-3-1-5(2-4-6)7(11)12/h1-4H,(H,11,12). The first-order valence-corrected chi connectivity index (χ1v) is 9.52. The average Bonchev–Trinajstić information content (AvgIpc) is 2.04. The molecule has 0 aromatic heterocycles. The van der Waals surface area contributed by atoms with E-state index in [1.807, 2.05) is 0 Å². The molecule has 1 rings (SSSR count). The quantitative estimate of drug-likeness (QED) is 0.849. The first kappa shape index (κ1) is 10.1. The third-order valence-electron chi connectivity index (χ3n) is 1.26. The molecule has 0 unspecified atom stereocenters. The number of hydrogen-bond donors (Lipinski definition) is 1. The van der Waals surface area contributed by atoms with Crippen molar-refractivity contribution in [2.24, 2.45) is 0 Å². The summed E-state index contributed by atoms with van der Waals surface area (Å²) in [7, 11) is 11.4. The minimum atomic E-state index is -1.99. The fourth-order valence-corrected chi connectivity index (χ4v) is 2.87. The molecule has 0 saturated carbocycles. The van der Waals surface area contributed by atoms with Crippen molar-refractivity contribution in [3.63, 3.8) is 0 Å². The van der Waals surface area contributed by atoms with Crippen LogP contribution in [0.3, 0.4) is 0 Å². The average molecular weight is 319 g/mol. The molecule has 66 valence electrons. The van der Waals surface area contributed by atoms with Gasteiger partial charge in [-0.25, -0.2) is 0 Å². The van der Waals surface area contributed by atoms with Crippen molar-refractivity contribution in [1.29, 1.82) is 0 Å². The second-order valence-electron chi connectivity index (χ2n) is 2.01. The Morgan fingerprint density at radius 3 is 2.08 bits per heavy atom. The molecular formula is C7H5Cl2IO2. The summed E-state index contributed by atoms with van der Waals surface area (Å²) in [5.74, 6) is -0.939. The molecule has 12 heavy (non-hydrogen) atoms. The number of benzene rings is 1. The molecular weight excluding hydrogens is 314 g/mol. The van der Waals surface area contributed by atoms with Crippen LogP contribution in [0.2, 0.25) is 0 Å². The summed E-state index contributed by atoms with van der Waals surface area (Å²) in [6.07, 6.45) is 0. The Morgan fingerprint density at radius 2 is 1.75 bits per heavy atom. The van der Waals surface area contributed by atoms with Crippen LogP contribution in [0.4, 0.5) is 0 Å². The SMILES string of the molecule is O=C(O)c1ccc(I(Cl)Cl)cc1. The summed E-state index contributed by atoms with van der Waals surface area (Å²) in [5, 5.41) is 8.56. The van der Waals surface area contributed by atoms with E-state index in [-0.39, 0.29) is 5.56 Å². The third kappa shape index (κ3) is 2.50.